The quantitative estimate of drug-likeness (QED) is 0.848. The Balaban J connectivity index is 2.78. The van der Waals surface area contributed by atoms with Gasteiger partial charge in [0.25, 0.3) is 0 Å². The van der Waals surface area contributed by atoms with Crippen LogP contribution in [0.5, 0.6) is 0 Å². The number of halogens is 1. The van der Waals surface area contributed by atoms with Crippen molar-refractivity contribution in [3.05, 3.63) is 34.3 Å². The highest BCUT2D eigenvalue weighted by Gasteiger charge is 2.08. The zero-order valence-corrected chi connectivity index (χ0v) is 10.4. The maximum absolute atomic E-state index is 10.4. The normalized spacial score (nSPS) is 12.4. The minimum Gasteiger partial charge on any atom is -0.481 e. The van der Waals surface area contributed by atoms with Crippen molar-refractivity contribution in [2.45, 2.75) is 39.0 Å². The first-order chi connectivity index (χ1) is 7.54. The molecule has 3 heteroatoms. The predicted molar refractivity (Wildman–Crippen MR) is 66.1 cm³/mol. The van der Waals surface area contributed by atoms with E-state index in [-0.39, 0.29) is 6.42 Å². The molecule has 0 saturated carbocycles. The number of benzene rings is 1. The molecule has 0 aliphatic carbocycles. The SMILES string of the molecule is CCC(C)c1ccc(CCC(=O)O)cc1Cl. The summed E-state index contributed by atoms with van der Waals surface area (Å²) in [6, 6.07) is 5.86. The summed E-state index contributed by atoms with van der Waals surface area (Å²) >= 11 is 6.17. The number of carboxylic acid groups (broad SMARTS) is 1. The van der Waals surface area contributed by atoms with Gasteiger partial charge in [-0.25, -0.2) is 0 Å². The fourth-order valence-corrected chi connectivity index (χ4v) is 1.99. The lowest BCUT2D eigenvalue weighted by atomic mass is 9.96. The lowest BCUT2D eigenvalue weighted by Crippen LogP contribution is -1.99. The van der Waals surface area contributed by atoms with E-state index in [1.165, 1.54) is 0 Å². The third kappa shape index (κ3) is 3.53. The molecule has 0 spiro atoms. The van der Waals surface area contributed by atoms with Crippen LogP contribution in [0.2, 0.25) is 5.02 Å². The Morgan fingerprint density at radius 2 is 2.19 bits per heavy atom. The van der Waals surface area contributed by atoms with Gasteiger partial charge in [-0.1, -0.05) is 37.6 Å². The minimum atomic E-state index is -0.776. The molecular formula is C13H17ClO2. The molecule has 1 aromatic rings. The molecule has 1 atom stereocenters. The molecular weight excluding hydrogens is 224 g/mol. The Morgan fingerprint density at radius 3 is 2.69 bits per heavy atom. The molecule has 1 rings (SSSR count). The molecule has 0 heterocycles. The van der Waals surface area contributed by atoms with Crippen LogP contribution in [0.3, 0.4) is 0 Å². The van der Waals surface area contributed by atoms with Crippen molar-refractivity contribution in [2.75, 3.05) is 0 Å². The molecule has 0 bridgehead atoms. The summed E-state index contributed by atoms with van der Waals surface area (Å²) in [5.41, 5.74) is 2.13. The van der Waals surface area contributed by atoms with Gasteiger partial charge in [-0.3, -0.25) is 4.79 Å². The van der Waals surface area contributed by atoms with Gasteiger partial charge in [0, 0.05) is 11.4 Å². The molecule has 0 aliphatic heterocycles. The monoisotopic (exact) mass is 240 g/mol. The molecule has 2 nitrogen and oxygen atoms in total. The van der Waals surface area contributed by atoms with Crippen molar-refractivity contribution >= 4 is 17.6 Å². The molecule has 0 aromatic heterocycles. The van der Waals surface area contributed by atoms with E-state index in [1.54, 1.807) is 0 Å². The number of hydrogen-bond acceptors (Lipinski definition) is 1. The number of aliphatic carboxylic acids is 1. The van der Waals surface area contributed by atoms with E-state index in [0.717, 1.165) is 22.6 Å². The van der Waals surface area contributed by atoms with Crippen LogP contribution >= 0.6 is 11.6 Å². The van der Waals surface area contributed by atoms with Crippen molar-refractivity contribution in [1.29, 1.82) is 0 Å². The average Bonchev–Trinajstić information content (AvgIpc) is 2.25. The van der Waals surface area contributed by atoms with Crippen molar-refractivity contribution in [2.24, 2.45) is 0 Å². The summed E-state index contributed by atoms with van der Waals surface area (Å²) in [6.45, 7) is 4.26. The largest absolute Gasteiger partial charge is 0.481 e. The van der Waals surface area contributed by atoms with Crippen molar-refractivity contribution in [1.82, 2.24) is 0 Å². The number of carboxylic acids is 1. The Hall–Kier alpha value is -1.02. The second-order valence-electron chi connectivity index (χ2n) is 4.06. The van der Waals surface area contributed by atoms with E-state index in [1.807, 2.05) is 18.2 Å². The van der Waals surface area contributed by atoms with Gasteiger partial charge in [-0.15, -0.1) is 0 Å². The highest BCUT2D eigenvalue weighted by Crippen LogP contribution is 2.27. The van der Waals surface area contributed by atoms with Crippen molar-refractivity contribution in [3.8, 4) is 0 Å². The van der Waals surface area contributed by atoms with Gasteiger partial charge in [0.1, 0.15) is 0 Å². The molecule has 0 radical (unpaired) electrons. The van der Waals surface area contributed by atoms with Gasteiger partial charge >= 0.3 is 5.97 Å². The highest BCUT2D eigenvalue weighted by atomic mass is 35.5. The number of aryl methyl sites for hydroxylation is 1. The summed E-state index contributed by atoms with van der Waals surface area (Å²) in [5, 5.41) is 9.34. The molecule has 1 N–H and O–H groups in total. The highest BCUT2D eigenvalue weighted by molar-refractivity contribution is 6.31. The summed E-state index contributed by atoms with van der Waals surface area (Å²) < 4.78 is 0. The van der Waals surface area contributed by atoms with E-state index in [9.17, 15) is 4.79 Å². The Bertz CT molecular complexity index is 374. The maximum Gasteiger partial charge on any atom is 0.303 e. The lowest BCUT2D eigenvalue weighted by molar-refractivity contribution is -0.136. The van der Waals surface area contributed by atoms with Crippen molar-refractivity contribution < 1.29 is 9.90 Å². The molecule has 16 heavy (non-hydrogen) atoms. The topological polar surface area (TPSA) is 37.3 Å². The lowest BCUT2D eigenvalue weighted by Gasteiger charge is -2.12. The van der Waals surface area contributed by atoms with Crippen LogP contribution in [-0.4, -0.2) is 11.1 Å². The molecule has 88 valence electrons. The Labute approximate surface area is 101 Å². The van der Waals surface area contributed by atoms with Gasteiger partial charge in [0.2, 0.25) is 0 Å². The van der Waals surface area contributed by atoms with Crippen LogP contribution in [0.1, 0.15) is 43.7 Å². The van der Waals surface area contributed by atoms with Crippen LogP contribution in [0.25, 0.3) is 0 Å². The zero-order valence-electron chi connectivity index (χ0n) is 9.66. The number of carbonyl (C=O) groups is 1. The van der Waals surface area contributed by atoms with E-state index in [4.69, 9.17) is 16.7 Å². The number of hydrogen-bond donors (Lipinski definition) is 1. The minimum absolute atomic E-state index is 0.152. The molecule has 0 fully saturated rings. The fourth-order valence-electron chi connectivity index (χ4n) is 1.60. The van der Waals surface area contributed by atoms with Gasteiger partial charge < -0.3 is 5.11 Å². The van der Waals surface area contributed by atoms with Crippen LogP contribution in [0.15, 0.2) is 18.2 Å². The van der Waals surface area contributed by atoms with Crippen LogP contribution < -0.4 is 0 Å². The maximum atomic E-state index is 10.4. The fraction of sp³-hybridized carbons (Fsp3) is 0.462. The summed E-state index contributed by atoms with van der Waals surface area (Å²) in [4.78, 5) is 10.4. The first kappa shape index (κ1) is 13.0. The second kappa shape index (κ2) is 5.90. The summed E-state index contributed by atoms with van der Waals surface area (Å²) in [6.07, 6.45) is 1.74. The Kier molecular flexibility index (Phi) is 4.81. The van der Waals surface area contributed by atoms with Crippen molar-refractivity contribution in [3.63, 3.8) is 0 Å². The second-order valence-corrected chi connectivity index (χ2v) is 4.47. The van der Waals surface area contributed by atoms with Crippen LogP contribution in [0.4, 0.5) is 0 Å². The summed E-state index contributed by atoms with van der Waals surface area (Å²) in [7, 11) is 0. The van der Waals surface area contributed by atoms with Crippen LogP contribution in [0, 0.1) is 0 Å². The molecule has 0 saturated heterocycles. The number of rotatable bonds is 5. The standard InChI is InChI=1S/C13H17ClO2/c1-3-9(2)11-6-4-10(8-12(11)14)5-7-13(15)16/h4,6,8-9H,3,5,7H2,1-2H3,(H,15,16). The van der Waals surface area contributed by atoms with Gasteiger partial charge in [-0.2, -0.15) is 0 Å². The Morgan fingerprint density at radius 1 is 1.50 bits per heavy atom. The first-order valence-electron chi connectivity index (χ1n) is 5.54. The summed E-state index contributed by atoms with van der Waals surface area (Å²) in [5.74, 6) is -0.330. The smallest absolute Gasteiger partial charge is 0.303 e. The van der Waals surface area contributed by atoms with E-state index < -0.39 is 5.97 Å². The molecule has 0 aliphatic rings. The third-order valence-corrected chi connectivity index (χ3v) is 3.16. The van der Waals surface area contributed by atoms with Gasteiger partial charge in [0.15, 0.2) is 0 Å². The van der Waals surface area contributed by atoms with E-state index >= 15 is 0 Å². The van der Waals surface area contributed by atoms with E-state index in [2.05, 4.69) is 13.8 Å². The third-order valence-electron chi connectivity index (χ3n) is 2.84. The molecule has 1 aromatic carbocycles. The molecule has 0 amide bonds. The zero-order chi connectivity index (χ0) is 12.1. The van der Waals surface area contributed by atoms with Gasteiger partial charge in [-0.05, 0) is 36.0 Å². The first-order valence-corrected chi connectivity index (χ1v) is 5.92. The van der Waals surface area contributed by atoms with Crippen LogP contribution in [-0.2, 0) is 11.2 Å². The van der Waals surface area contributed by atoms with Gasteiger partial charge in [0.05, 0.1) is 0 Å². The van der Waals surface area contributed by atoms with E-state index in [0.29, 0.717) is 12.3 Å². The molecule has 1 unspecified atom stereocenters. The predicted octanol–water partition coefficient (Wildman–Crippen LogP) is 3.87. The average molecular weight is 241 g/mol.